The molecule has 7 nitrogen and oxygen atoms in total. The monoisotopic (exact) mass is 525 g/mol. The molecule has 1 fully saturated rings. The highest BCUT2D eigenvalue weighted by molar-refractivity contribution is 14.1. The lowest BCUT2D eigenvalue weighted by atomic mass is 10.1. The normalized spacial score (nSPS) is 15.1. The zero-order valence-corrected chi connectivity index (χ0v) is 18.2. The van der Waals surface area contributed by atoms with Crippen molar-refractivity contribution in [3.05, 3.63) is 62.1 Å². The van der Waals surface area contributed by atoms with Crippen LogP contribution in [0.2, 0.25) is 0 Å². The molecule has 1 saturated heterocycles. The Hall–Kier alpha value is -2.53. The summed E-state index contributed by atoms with van der Waals surface area (Å²) in [5.41, 5.74) is 1.51. The number of hydrogen-bond acceptors (Lipinski definition) is 6. The molecule has 0 saturated carbocycles. The number of carbonyl (C=O) groups is 3. The largest absolute Gasteiger partial charge is 0.493 e. The van der Waals surface area contributed by atoms with E-state index in [1.807, 2.05) is 52.9 Å². The summed E-state index contributed by atoms with van der Waals surface area (Å²) in [6.07, 6.45) is 1.61. The third-order valence-corrected chi connectivity index (χ3v) is 5.66. The molecule has 3 rings (SSSR count). The van der Waals surface area contributed by atoms with Gasteiger partial charge in [-0.15, -0.1) is 0 Å². The zero-order valence-electron chi connectivity index (χ0n) is 15.3. The van der Waals surface area contributed by atoms with Gasteiger partial charge in [-0.2, -0.15) is 0 Å². The summed E-state index contributed by atoms with van der Waals surface area (Å²) in [5, 5.41) is 8.48. The van der Waals surface area contributed by atoms with Crippen LogP contribution in [0, 0.1) is 3.57 Å². The quantitative estimate of drug-likeness (QED) is 0.432. The first-order valence-electron chi connectivity index (χ1n) is 8.40. The summed E-state index contributed by atoms with van der Waals surface area (Å²) < 4.78 is 11.2. The minimum absolute atomic E-state index is 0.214. The van der Waals surface area contributed by atoms with Crippen LogP contribution < -0.4 is 9.47 Å². The van der Waals surface area contributed by atoms with Crippen LogP contribution in [0.25, 0.3) is 6.08 Å². The number of rotatable bonds is 7. The Morgan fingerprint density at radius 1 is 1.24 bits per heavy atom. The molecule has 2 amide bonds. The number of carboxylic acids is 1. The van der Waals surface area contributed by atoms with Gasteiger partial charge in [0.1, 0.15) is 0 Å². The van der Waals surface area contributed by atoms with Gasteiger partial charge in [0.25, 0.3) is 11.1 Å². The Kier molecular flexibility index (Phi) is 6.80. The Labute approximate surface area is 184 Å². The highest BCUT2D eigenvalue weighted by Gasteiger charge is 2.35. The van der Waals surface area contributed by atoms with Crippen LogP contribution in [0.1, 0.15) is 11.1 Å². The molecular formula is C20H16INO6S. The first kappa shape index (κ1) is 21.2. The van der Waals surface area contributed by atoms with Crippen molar-refractivity contribution in [2.24, 2.45) is 0 Å². The van der Waals surface area contributed by atoms with Crippen molar-refractivity contribution in [3.63, 3.8) is 0 Å². The average Bonchev–Trinajstić information content (AvgIpc) is 2.94. The van der Waals surface area contributed by atoms with Crippen LogP contribution in [0.4, 0.5) is 4.79 Å². The number of hydrogen-bond donors (Lipinski definition) is 1. The van der Waals surface area contributed by atoms with Crippen LogP contribution in [0.15, 0.2) is 47.4 Å². The van der Waals surface area contributed by atoms with E-state index >= 15 is 0 Å². The topological polar surface area (TPSA) is 93.1 Å². The van der Waals surface area contributed by atoms with E-state index in [0.29, 0.717) is 25.5 Å². The molecule has 2 aromatic carbocycles. The van der Waals surface area contributed by atoms with Gasteiger partial charge in [0.2, 0.25) is 0 Å². The fourth-order valence-electron chi connectivity index (χ4n) is 2.65. The number of thioether (sulfide) groups is 1. The van der Waals surface area contributed by atoms with Gasteiger partial charge in [-0.25, -0.2) is 4.79 Å². The van der Waals surface area contributed by atoms with E-state index in [2.05, 4.69) is 0 Å². The molecule has 1 heterocycles. The van der Waals surface area contributed by atoms with Crippen molar-refractivity contribution in [3.8, 4) is 11.5 Å². The molecule has 9 heteroatoms. The van der Waals surface area contributed by atoms with Crippen LogP contribution in [0.3, 0.4) is 0 Å². The smallest absolute Gasteiger partial charge is 0.341 e. The highest BCUT2D eigenvalue weighted by atomic mass is 127. The molecule has 0 atom stereocenters. The van der Waals surface area contributed by atoms with Gasteiger partial charge in [-0.3, -0.25) is 14.5 Å². The predicted octanol–water partition coefficient (Wildman–Crippen LogP) is 4.00. The first-order chi connectivity index (χ1) is 13.9. The van der Waals surface area contributed by atoms with E-state index in [9.17, 15) is 14.4 Å². The first-order valence-corrected chi connectivity index (χ1v) is 10.3. The van der Waals surface area contributed by atoms with Crippen molar-refractivity contribution < 1.29 is 29.0 Å². The molecule has 0 spiro atoms. The number of aliphatic carboxylic acids is 1. The molecule has 1 aliphatic rings. The SMILES string of the molecule is COc1cc(/C=C2\SC(=O)N(Cc3ccccc3)C2=O)cc(I)c1OCC(=O)O. The van der Waals surface area contributed by atoms with Gasteiger partial charge in [0, 0.05) is 0 Å². The van der Waals surface area contributed by atoms with E-state index in [0.717, 1.165) is 17.3 Å². The zero-order chi connectivity index (χ0) is 21.0. The minimum atomic E-state index is -1.10. The van der Waals surface area contributed by atoms with Crippen molar-refractivity contribution in [1.82, 2.24) is 4.90 Å². The van der Waals surface area contributed by atoms with Gasteiger partial charge < -0.3 is 14.6 Å². The lowest BCUT2D eigenvalue weighted by Gasteiger charge is -2.13. The summed E-state index contributed by atoms with van der Waals surface area (Å²) in [4.78, 5) is 37.3. The predicted molar refractivity (Wildman–Crippen MR) is 117 cm³/mol. The fraction of sp³-hybridized carbons (Fsp3) is 0.150. The van der Waals surface area contributed by atoms with Crippen LogP contribution in [-0.4, -0.2) is 40.8 Å². The molecule has 150 valence electrons. The summed E-state index contributed by atoms with van der Waals surface area (Å²) in [6.45, 7) is -0.282. The Bertz CT molecular complexity index is 992. The number of carboxylic acid groups (broad SMARTS) is 1. The molecule has 0 radical (unpaired) electrons. The summed E-state index contributed by atoms with van der Waals surface area (Å²) in [6, 6.07) is 12.6. The lowest BCUT2D eigenvalue weighted by Crippen LogP contribution is -2.27. The fourth-order valence-corrected chi connectivity index (χ4v) is 4.27. The van der Waals surface area contributed by atoms with Gasteiger partial charge in [0.15, 0.2) is 18.1 Å². The van der Waals surface area contributed by atoms with Crippen LogP contribution >= 0.6 is 34.4 Å². The van der Waals surface area contributed by atoms with E-state index in [1.165, 1.54) is 12.0 Å². The molecule has 29 heavy (non-hydrogen) atoms. The van der Waals surface area contributed by atoms with Gasteiger partial charge in [-0.1, -0.05) is 30.3 Å². The number of nitrogens with zero attached hydrogens (tertiary/aromatic N) is 1. The van der Waals surface area contributed by atoms with E-state index in [1.54, 1.807) is 18.2 Å². The maximum atomic E-state index is 12.7. The minimum Gasteiger partial charge on any atom is -0.493 e. The number of carbonyl (C=O) groups excluding carboxylic acids is 2. The molecular weight excluding hydrogens is 509 g/mol. The van der Waals surface area contributed by atoms with Crippen molar-refractivity contribution in [1.29, 1.82) is 0 Å². The van der Waals surface area contributed by atoms with E-state index in [4.69, 9.17) is 14.6 Å². The molecule has 0 bridgehead atoms. The third-order valence-electron chi connectivity index (χ3n) is 3.95. The number of ether oxygens (including phenoxy) is 2. The van der Waals surface area contributed by atoms with Crippen LogP contribution in [0.5, 0.6) is 11.5 Å². The molecule has 1 N–H and O–H groups in total. The lowest BCUT2D eigenvalue weighted by molar-refractivity contribution is -0.139. The van der Waals surface area contributed by atoms with Gasteiger partial charge >= 0.3 is 5.97 Å². The summed E-state index contributed by atoms with van der Waals surface area (Å²) >= 11 is 2.88. The number of halogens is 1. The van der Waals surface area contributed by atoms with Crippen molar-refractivity contribution in [2.75, 3.05) is 13.7 Å². The maximum Gasteiger partial charge on any atom is 0.341 e. The molecule has 0 aromatic heterocycles. The standard InChI is InChI=1S/C20H16INO6S/c1-27-15-8-13(7-14(21)18(15)28-11-17(23)24)9-16-19(25)22(20(26)29-16)10-12-5-3-2-4-6-12/h2-9H,10-11H2,1H3,(H,23,24)/b16-9-. The molecule has 0 unspecified atom stereocenters. The third kappa shape index (κ3) is 5.10. The second-order valence-corrected chi connectivity index (χ2v) is 8.13. The molecule has 2 aromatic rings. The van der Waals surface area contributed by atoms with Gasteiger partial charge in [0.05, 0.1) is 22.1 Å². The maximum absolute atomic E-state index is 12.7. The van der Waals surface area contributed by atoms with Crippen molar-refractivity contribution in [2.45, 2.75) is 6.54 Å². The molecule has 0 aliphatic carbocycles. The average molecular weight is 525 g/mol. The number of methoxy groups -OCH3 is 1. The summed E-state index contributed by atoms with van der Waals surface area (Å²) in [5.74, 6) is -0.805. The highest BCUT2D eigenvalue weighted by Crippen LogP contribution is 2.37. The van der Waals surface area contributed by atoms with Crippen LogP contribution in [-0.2, 0) is 16.1 Å². The van der Waals surface area contributed by atoms with E-state index in [-0.39, 0.29) is 17.7 Å². The van der Waals surface area contributed by atoms with Crippen molar-refractivity contribution >= 4 is 57.5 Å². The number of amides is 2. The van der Waals surface area contributed by atoms with Gasteiger partial charge in [-0.05, 0) is 63.7 Å². The molecule has 1 aliphatic heterocycles. The second kappa shape index (κ2) is 9.31. The number of imide groups is 1. The summed E-state index contributed by atoms with van der Waals surface area (Å²) in [7, 11) is 1.44. The Balaban J connectivity index is 1.84. The Morgan fingerprint density at radius 2 is 1.97 bits per heavy atom. The Morgan fingerprint density at radius 3 is 2.62 bits per heavy atom. The van der Waals surface area contributed by atoms with E-state index < -0.39 is 12.6 Å². The number of benzene rings is 2. The second-order valence-electron chi connectivity index (χ2n) is 5.97.